The molecule has 0 saturated heterocycles. The SMILES string of the molecule is CCC[C@H]1N=C2c3ccccc3N=C(SCC(=O)NCc3ccccc3Cl)N2C1=O. The highest BCUT2D eigenvalue weighted by atomic mass is 35.5. The van der Waals surface area contributed by atoms with E-state index < -0.39 is 6.04 Å². The van der Waals surface area contributed by atoms with Gasteiger partial charge in [-0.3, -0.25) is 14.6 Å². The molecule has 6 nitrogen and oxygen atoms in total. The number of fused-ring (bicyclic) bond motifs is 3. The molecular weight excluding hydrogens is 420 g/mol. The molecule has 2 amide bonds. The fourth-order valence-electron chi connectivity index (χ4n) is 3.38. The zero-order chi connectivity index (χ0) is 21.1. The maximum absolute atomic E-state index is 12.9. The predicted octanol–water partition coefficient (Wildman–Crippen LogP) is 4.15. The van der Waals surface area contributed by atoms with E-state index in [1.165, 1.54) is 11.8 Å². The van der Waals surface area contributed by atoms with E-state index in [-0.39, 0.29) is 17.6 Å². The van der Waals surface area contributed by atoms with Crippen molar-refractivity contribution in [2.24, 2.45) is 9.98 Å². The molecule has 2 aliphatic rings. The summed E-state index contributed by atoms with van der Waals surface area (Å²) in [6, 6.07) is 14.6. The van der Waals surface area contributed by atoms with Gasteiger partial charge in [-0.15, -0.1) is 0 Å². The van der Waals surface area contributed by atoms with E-state index in [1.54, 1.807) is 11.0 Å². The van der Waals surface area contributed by atoms with Crippen molar-refractivity contribution in [2.45, 2.75) is 32.4 Å². The van der Waals surface area contributed by atoms with Crippen molar-refractivity contribution < 1.29 is 9.59 Å². The van der Waals surface area contributed by atoms with Crippen molar-refractivity contribution in [2.75, 3.05) is 5.75 Å². The standard InChI is InChI=1S/C22H21ClN4O2S/c1-2-7-18-21(29)27-20(25-18)15-9-4-6-11-17(15)26-22(27)30-13-19(28)24-12-14-8-3-5-10-16(14)23/h3-6,8-11,18H,2,7,12-13H2,1H3,(H,24,28)/t18-/m1/s1. The number of hydrogen-bond donors (Lipinski definition) is 1. The molecule has 4 rings (SSSR count). The first-order valence-corrected chi connectivity index (χ1v) is 11.2. The van der Waals surface area contributed by atoms with Gasteiger partial charge in [-0.25, -0.2) is 9.89 Å². The smallest absolute Gasteiger partial charge is 0.259 e. The number of benzene rings is 2. The summed E-state index contributed by atoms with van der Waals surface area (Å²) in [6.07, 6.45) is 1.56. The van der Waals surface area contributed by atoms with E-state index in [2.05, 4.69) is 15.3 Å². The van der Waals surface area contributed by atoms with Crippen molar-refractivity contribution in [3.05, 3.63) is 64.7 Å². The van der Waals surface area contributed by atoms with Gasteiger partial charge in [-0.05, 0) is 30.2 Å². The lowest BCUT2D eigenvalue weighted by Gasteiger charge is -2.25. The fourth-order valence-corrected chi connectivity index (χ4v) is 4.41. The molecule has 2 aromatic rings. The maximum Gasteiger partial charge on any atom is 0.259 e. The minimum absolute atomic E-state index is 0.0796. The number of nitrogens with zero attached hydrogens (tertiary/aromatic N) is 3. The van der Waals surface area contributed by atoms with Crippen molar-refractivity contribution in [3.63, 3.8) is 0 Å². The Morgan fingerprint density at radius 2 is 1.97 bits per heavy atom. The molecule has 0 unspecified atom stereocenters. The summed E-state index contributed by atoms with van der Waals surface area (Å²) in [4.78, 5) is 36.2. The van der Waals surface area contributed by atoms with Gasteiger partial charge in [-0.1, -0.05) is 67.0 Å². The van der Waals surface area contributed by atoms with E-state index in [9.17, 15) is 9.59 Å². The Morgan fingerprint density at radius 3 is 2.77 bits per heavy atom. The van der Waals surface area contributed by atoms with Gasteiger partial charge >= 0.3 is 0 Å². The first kappa shape index (κ1) is 20.6. The molecule has 0 fully saturated rings. The number of halogens is 1. The van der Waals surface area contributed by atoms with Gasteiger partial charge in [0.2, 0.25) is 5.91 Å². The van der Waals surface area contributed by atoms with Crippen LogP contribution >= 0.6 is 23.4 Å². The molecule has 1 atom stereocenters. The summed E-state index contributed by atoms with van der Waals surface area (Å²) in [6.45, 7) is 2.38. The first-order chi connectivity index (χ1) is 14.6. The van der Waals surface area contributed by atoms with Crippen LogP contribution in [0.1, 0.15) is 30.9 Å². The minimum atomic E-state index is -0.393. The zero-order valence-corrected chi connectivity index (χ0v) is 18.0. The average Bonchev–Trinajstić information content (AvgIpc) is 3.08. The number of carbonyl (C=O) groups is 2. The average molecular weight is 441 g/mol. The van der Waals surface area contributed by atoms with Crippen LogP contribution in [-0.2, 0) is 16.1 Å². The molecule has 154 valence electrons. The van der Waals surface area contributed by atoms with Crippen LogP contribution in [0.5, 0.6) is 0 Å². The highest BCUT2D eigenvalue weighted by molar-refractivity contribution is 8.14. The molecule has 0 spiro atoms. The molecule has 2 aliphatic heterocycles. The number of amidine groups is 2. The van der Waals surface area contributed by atoms with Crippen molar-refractivity contribution in [1.29, 1.82) is 0 Å². The number of aliphatic imine (C=N–C) groups is 2. The Balaban J connectivity index is 1.48. The molecule has 30 heavy (non-hydrogen) atoms. The van der Waals surface area contributed by atoms with Gasteiger partial charge in [0.1, 0.15) is 11.9 Å². The zero-order valence-electron chi connectivity index (χ0n) is 16.5. The third-order valence-corrected chi connectivity index (χ3v) is 6.18. The molecule has 0 bridgehead atoms. The van der Waals surface area contributed by atoms with Crippen LogP contribution < -0.4 is 5.32 Å². The first-order valence-electron chi connectivity index (χ1n) is 9.81. The lowest BCUT2D eigenvalue weighted by molar-refractivity contribution is -0.124. The number of para-hydroxylation sites is 1. The van der Waals surface area contributed by atoms with Crippen LogP contribution in [0.3, 0.4) is 0 Å². The predicted molar refractivity (Wildman–Crippen MR) is 121 cm³/mol. The topological polar surface area (TPSA) is 74.1 Å². The highest BCUT2D eigenvalue weighted by Crippen LogP contribution is 2.34. The Labute approximate surface area is 184 Å². The van der Waals surface area contributed by atoms with Crippen LogP contribution in [0.25, 0.3) is 0 Å². The van der Waals surface area contributed by atoms with E-state index in [0.29, 0.717) is 29.0 Å². The summed E-state index contributed by atoms with van der Waals surface area (Å²) in [5, 5.41) is 3.97. The Bertz CT molecular complexity index is 1050. The van der Waals surface area contributed by atoms with E-state index in [1.807, 2.05) is 49.4 Å². The lowest BCUT2D eigenvalue weighted by atomic mass is 10.1. The normalized spacial score (nSPS) is 17.2. The largest absolute Gasteiger partial charge is 0.351 e. The van der Waals surface area contributed by atoms with Gasteiger partial charge in [-0.2, -0.15) is 0 Å². The van der Waals surface area contributed by atoms with Gasteiger partial charge < -0.3 is 5.32 Å². The molecule has 0 aromatic heterocycles. The van der Waals surface area contributed by atoms with Gasteiger partial charge in [0, 0.05) is 17.1 Å². The second-order valence-corrected chi connectivity index (χ2v) is 8.35. The molecular formula is C22H21ClN4O2S. The van der Waals surface area contributed by atoms with E-state index in [0.717, 1.165) is 23.2 Å². The number of thioether (sulfide) groups is 1. The number of carbonyl (C=O) groups excluding carboxylic acids is 2. The molecule has 2 aromatic carbocycles. The maximum atomic E-state index is 12.9. The van der Waals surface area contributed by atoms with Crippen LogP contribution in [-0.4, -0.2) is 39.5 Å². The van der Waals surface area contributed by atoms with Crippen LogP contribution in [0.2, 0.25) is 5.02 Å². The number of nitrogens with one attached hydrogen (secondary N) is 1. The Hall–Kier alpha value is -2.64. The third kappa shape index (κ3) is 4.13. The van der Waals surface area contributed by atoms with Gasteiger partial charge in [0.15, 0.2) is 5.17 Å². The highest BCUT2D eigenvalue weighted by Gasteiger charge is 2.40. The summed E-state index contributed by atoms with van der Waals surface area (Å²) >= 11 is 7.38. The van der Waals surface area contributed by atoms with Crippen molar-refractivity contribution >= 4 is 51.9 Å². The monoisotopic (exact) mass is 440 g/mol. The van der Waals surface area contributed by atoms with Gasteiger partial charge in [0.25, 0.3) is 5.91 Å². The molecule has 1 N–H and O–H groups in total. The number of rotatable bonds is 6. The summed E-state index contributed by atoms with van der Waals surface area (Å²) < 4.78 is 0. The molecule has 0 aliphatic carbocycles. The fraction of sp³-hybridized carbons (Fsp3) is 0.273. The van der Waals surface area contributed by atoms with E-state index >= 15 is 0 Å². The number of hydrogen-bond acceptors (Lipinski definition) is 5. The van der Waals surface area contributed by atoms with Crippen LogP contribution in [0.4, 0.5) is 5.69 Å². The molecule has 2 heterocycles. The molecule has 8 heteroatoms. The Morgan fingerprint density at radius 1 is 1.20 bits per heavy atom. The molecule has 0 radical (unpaired) electrons. The second-order valence-electron chi connectivity index (χ2n) is 7.00. The van der Waals surface area contributed by atoms with Crippen molar-refractivity contribution in [1.82, 2.24) is 10.2 Å². The lowest BCUT2D eigenvalue weighted by Crippen LogP contribution is -2.41. The summed E-state index contributed by atoms with van der Waals surface area (Å²) in [7, 11) is 0. The van der Waals surface area contributed by atoms with Gasteiger partial charge in [0.05, 0.1) is 11.4 Å². The summed E-state index contributed by atoms with van der Waals surface area (Å²) in [5.74, 6) is 0.532. The number of amides is 2. The van der Waals surface area contributed by atoms with E-state index in [4.69, 9.17) is 11.6 Å². The van der Waals surface area contributed by atoms with Crippen LogP contribution in [0.15, 0.2) is 58.5 Å². The quantitative estimate of drug-likeness (QED) is 0.733. The summed E-state index contributed by atoms with van der Waals surface area (Å²) in [5.41, 5.74) is 2.46. The minimum Gasteiger partial charge on any atom is -0.351 e. The Kier molecular flexibility index (Phi) is 6.20. The molecule has 0 saturated carbocycles. The van der Waals surface area contributed by atoms with Crippen LogP contribution in [0, 0.1) is 0 Å². The second kappa shape index (κ2) is 9.02. The van der Waals surface area contributed by atoms with Crippen molar-refractivity contribution in [3.8, 4) is 0 Å². The third-order valence-electron chi connectivity index (χ3n) is 4.88.